The lowest BCUT2D eigenvalue weighted by molar-refractivity contribution is 0.0527. The van der Waals surface area contributed by atoms with Crippen LogP contribution in [0.3, 0.4) is 0 Å². The van der Waals surface area contributed by atoms with Crippen molar-refractivity contribution in [3.05, 3.63) is 53.7 Å². The number of nitrogens with zero attached hydrogens (tertiary/aromatic N) is 1. The summed E-state index contributed by atoms with van der Waals surface area (Å²) in [5.74, 6) is 3.46. The fraction of sp³-hybridized carbons (Fsp3) is 0.227. The number of aromatic nitrogens is 1. The van der Waals surface area contributed by atoms with Gasteiger partial charge in [0.15, 0.2) is 0 Å². The fourth-order valence-corrected chi connectivity index (χ4v) is 3.14. The molecule has 1 heterocycles. The van der Waals surface area contributed by atoms with E-state index in [9.17, 15) is 4.79 Å². The molecule has 3 aromatic rings. The summed E-state index contributed by atoms with van der Waals surface area (Å²) < 4.78 is 18.1. The lowest BCUT2D eigenvalue weighted by Gasteiger charge is -2.10. The molecule has 3 rings (SSSR count). The number of esters is 1. The highest BCUT2D eigenvalue weighted by Crippen LogP contribution is 2.33. The number of methoxy groups -OCH3 is 1. The number of terminal acetylenes is 1. The summed E-state index contributed by atoms with van der Waals surface area (Å²) in [4.78, 5) is 12.6. The molecule has 2 aromatic carbocycles. The predicted octanol–water partition coefficient (Wildman–Crippen LogP) is 4.14. The SMILES string of the molecule is C#CCOc1ccc2c(c1)c(C(=O)OCC)c(C)n2-c1ccc(OC)cc1. The van der Waals surface area contributed by atoms with E-state index in [0.717, 1.165) is 28.0 Å². The average Bonchev–Trinajstić information content (AvgIpc) is 2.97. The molecule has 0 atom stereocenters. The van der Waals surface area contributed by atoms with Crippen molar-refractivity contribution < 1.29 is 19.0 Å². The molecule has 0 amide bonds. The topological polar surface area (TPSA) is 49.7 Å². The van der Waals surface area contributed by atoms with Gasteiger partial charge < -0.3 is 18.8 Å². The first kappa shape index (κ1) is 18.4. The molecule has 27 heavy (non-hydrogen) atoms. The molecule has 0 aliphatic heterocycles. The molecule has 0 radical (unpaired) electrons. The second-order valence-electron chi connectivity index (χ2n) is 5.89. The predicted molar refractivity (Wildman–Crippen MR) is 105 cm³/mol. The van der Waals surface area contributed by atoms with Crippen molar-refractivity contribution in [2.75, 3.05) is 20.3 Å². The minimum absolute atomic E-state index is 0.165. The Morgan fingerprint density at radius 2 is 1.85 bits per heavy atom. The Labute approximate surface area is 158 Å². The number of carbonyl (C=O) groups is 1. The Kier molecular flexibility index (Phi) is 5.37. The van der Waals surface area contributed by atoms with Gasteiger partial charge in [0.1, 0.15) is 18.1 Å². The number of ether oxygens (including phenoxy) is 3. The molecule has 0 fully saturated rings. The van der Waals surface area contributed by atoms with Crippen LogP contribution in [0.4, 0.5) is 0 Å². The van der Waals surface area contributed by atoms with Crippen molar-refractivity contribution in [3.63, 3.8) is 0 Å². The minimum atomic E-state index is -0.360. The summed E-state index contributed by atoms with van der Waals surface area (Å²) in [6.45, 7) is 4.16. The van der Waals surface area contributed by atoms with Crippen molar-refractivity contribution in [2.45, 2.75) is 13.8 Å². The molecule has 5 heteroatoms. The second-order valence-corrected chi connectivity index (χ2v) is 5.89. The highest BCUT2D eigenvalue weighted by Gasteiger charge is 2.22. The van der Waals surface area contributed by atoms with Gasteiger partial charge in [-0.1, -0.05) is 5.92 Å². The number of rotatable bonds is 6. The summed E-state index contributed by atoms with van der Waals surface area (Å²) >= 11 is 0. The molecule has 0 saturated carbocycles. The van der Waals surface area contributed by atoms with Gasteiger partial charge in [-0.25, -0.2) is 4.79 Å². The Morgan fingerprint density at radius 3 is 2.48 bits per heavy atom. The summed E-state index contributed by atoms with van der Waals surface area (Å²) in [7, 11) is 1.63. The lowest BCUT2D eigenvalue weighted by Crippen LogP contribution is -2.07. The third-order valence-electron chi connectivity index (χ3n) is 4.31. The maximum absolute atomic E-state index is 12.6. The van der Waals surface area contributed by atoms with Crippen LogP contribution in [0.1, 0.15) is 23.0 Å². The van der Waals surface area contributed by atoms with Crippen molar-refractivity contribution in [2.24, 2.45) is 0 Å². The lowest BCUT2D eigenvalue weighted by atomic mass is 10.1. The van der Waals surface area contributed by atoms with E-state index in [2.05, 4.69) is 5.92 Å². The summed E-state index contributed by atoms with van der Waals surface area (Å²) in [6.07, 6.45) is 5.27. The first-order valence-corrected chi connectivity index (χ1v) is 8.63. The number of hydrogen-bond acceptors (Lipinski definition) is 4. The van der Waals surface area contributed by atoms with E-state index in [0.29, 0.717) is 17.9 Å². The van der Waals surface area contributed by atoms with E-state index in [1.165, 1.54) is 0 Å². The van der Waals surface area contributed by atoms with Gasteiger partial charge in [-0.15, -0.1) is 6.42 Å². The number of benzene rings is 2. The van der Waals surface area contributed by atoms with E-state index < -0.39 is 0 Å². The summed E-state index contributed by atoms with van der Waals surface area (Å²) in [5.41, 5.74) is 3.12. The van der Waals surface area contributed by atoms with Gasteiger partial charge in [-0.05, 0) is 56.3 Å². The van der Waals surface area contributed by atoms with Gasteiger partial charge in [0.05, 0.1) is 24.8 Å². The third-order valence-corrected chi connectivity index (χ3v) is 4.31. The number of hydrogen-bond donors (Lipinski definition) is 0. The van der Waals surface area contributed by atoms with Gasteiger partial charge >= 0.3 is 5.97 Å². The van der Waals surface area contributed by atoms with Crippen molar-refractivity contribution in [1.82, 2.24) is 4.57 Å². The Morgan fingerprint density at radius 1 is 1.15 bits per heavy atom. The molecule has 5 nitrogen and oxygen atoms in total. The van der Waals surface area contributed by atoms with Gasteiger partial charge in [-0.3, -0.25) is 0 Å². The van der Waals surface area contributed by atoms with E-state index in [4.69, 9.17) is 20.6 Å². The zero-order valence-electron chi connectivity index (χ0n) is 15.6. The summed E-state index contributed by atoms with van der Waals surface area (Å²) in [5, 5.41) is 0.760. The first-order valence-electron chi connectivity index (χ1n) is 8.63. The number of fused-ring (bicyclic) bond motifs is 1. The molecule has 0 unspecified atom stereocenters. The van der Waals surface area contributed by atoms with E-state index >= 15 is 0 Å². The van der Waals surface area contributed by atoms with E-state index in [-0.39, 0.29) is 12.6 Å². The highest BCUT2D eigenvalue weighted by molar-refractivity contribution is 6.07. The van der Waals surface area contributed by atoms with Crippen LogP contribution in [-0.4, -0.2) is 30.9 Å². The van der Waals surface area contributed by atoms with Crippen LogP contribution >= 0.6 is 0 Å². The van der Waals surface area contributed by atoms with Crippen molar-refractivity contribution >= 4 is 16.9 Å². The third kappa shape index (κ3) is 3.47. The maximum atomic E-state index is 12.6. The Hall–Kier alpha value is -3.39. The largest absolute Gasteiger partial charge is 0.497 e. The molecule has 138 valence electrons. The average molecular weight is 363 g/mol. The molecule has 0 saturated heterocycles. The van der Waals surface area contributed by atoms with E-state index in [1.807, 2.05) is 54.0 Å². The molecule has 0 aliphatic rings. The van der Waals surface area contributed by atoms with Crippen molar-refractivity contribution in [1.29, 1.82) is 0 Å². The quantitative estimate of drug-likeness (QED) is 0.488. The van der Waals surface area contributed by atoms with Crippen LogP contribution in [0, 0.1) is 19.3 Å². The van der Waals surface area contributed by atoms with Crippen LogP contribution in [0.15, 0.2) is 42.5 Å². The van der Waals surface area contributed by atoms with Gasteiger partial charge in [-0.2, -0.15) is 0 Å². The normalized spacial score (nSPS) is 10.4. The Balaban J connectivity index is 2.22. The van der Waals surface area contributed by atoms with Gasteiger partial charge in [0, 0.05) is 16.8 Å². The van der Waals surface area contributed by atoms with Gasteiger partial charge in [0.2, 0.25) is 0 Å². The van der Waals surface area contributed by atoms with Crippen LogP contribution in [0.5, 0.6) is 11.5 Å². The smallest absolute Gasteiger partial charge is 0.340 e. The molecule has 0 aliphatic carbocycles. The molecular weight excluding hydrogens is 342 g/mol. The van der Waals surface area contributed by atoms with Crippen LogP contribution in [-0.2, 0) is 4.74 Å². The van der Waals surface area contributed by atoms with Crippen LogP contribution in [0.25, 0.3) is 16.6 Å². The molecule has 0 N–H and O–H groups in total. The van der Waals surface area contributed by atoms with Crippen LogP contribution in [0.2, 0.25) is 0 Å². The zero-order valence-corrected chi connectivity index (χ0v) is 15.6. The molecule has 1 aromatic heterocycles. The fourth-order valence-electron chi connectivity index (χ4n) is 3.14. The highest BCUT2D eigenvalue weighted by atomic mass is 16.5. The first-order chi connectivity index (χ1) is 13.1. The second kappa shape index (κ2) is 7.88. The zero-order chi connectivity index (χ0) is 19.4. The van der Waals surface area contributed by atoms with Gasteiger partial charge in [0.25, 0.3) is 0 Å². The molecular formula is C22H21NO4. The van der Waals surface area contributed by atoms with Crippen molar-refractivity contribution in [3.8, 4) is 29.5 Å². The summed E-state index contributed by atoms with van der Waals surface area (Å²) in [6, 6.07) is 13.2. The molecule has 0 spiro atoms. The molecule has 0 bridgehead atoms. The Bertz CT molecular complexity index is 1010. The monoisotopic (exact) mass is 363 g/mol. The standard InChI is InChI=1S/C22H21NO4/c1-5-13-27-18-11-12-20-19(14-18)21(22(24)26-6-2)15(3)23(20)16-7-9-17(25-4)10-8-16/h1,7-12,14H,6,13H2,2-4H3. The van der Waals surface area contributed by atoms with Crippen LogP contribution < -0.4 is 9.47 Å². The van der Waals surface area contributed by atoms with E-state index in [1.54, 1.807) is 14.0 Å². The minimum Gasteiger partial charge on any atom is -0.497 e. The number of carbonyl (C=O) groups excluding carboxylic acids is 1. The maximum Gasteiger partial charge on any atom is 0.340 e.